The summed E-state index contributed by atoms with van der Waals surface area (Å²) >= 11 is 1.80. The normalized spacial score (nSPS) is 21.9. The lowest BCUT2D eigenvalue weighted by atomic mass is 9.82. The standard InChI is InChI=1S/C19H25N3OS/c1-18(2,16-5-3-10-20-13-16)22-11-9-19(15-22,14-21-23)8-7-17-6-4-12-24-17/h3-6,10,12-13H,7-9,11,14-15H2,1-2H3. The SMILES string of the molecule is CC(C)(c1cccnc1)N1CCC(CCc2cccs2)(CN=O)C1. The van der Waals surface area contributed by atoms with Gasteiger partial charge in [0, 0.05) is 34.8 Å². The fourth-order valence-corrected chi connectivity index (χ4v) is 4.42. The number of rotatable bonds is 7. The number of aryl methyl sites for hydroxylation is 1. The lowest BCUT2D eigenvalue weighted by Crippen LogP contribution is -2.42. The summed E-state index contributed by atoms with van der Waals surface area (Å²) < 4.78 is 0. The van der Waals surface area contributed by atoms with Gasteiger partial charge in [-0.2, -0.15) is 4.91 Å². The third-order valence-corrected chi connectivity index (χ3v) is 6.41. The molecular formula is C19H25N3OS. The van der Waals surface area contributed by atoms with Gasteiger partial charge in [-0.25, -0.2) is 0 Å². The number of likely N-dealkylation sites (tertiary alicyclic amines) is 1. The highest BCUT2D eigenvalue weighted by atomic mass is 32.1. The summed E-state index contributed by atoms with van der Waals surface area (Å²) in [4.78, 5) is 19.2. The molecule has 0 aliphatic carbocycles. The van der Waals surface area contributed by atoms with Crippen LogP contribution in [0.25, 0.3) is 0 Å². The molecule has 2 aromatic rings. The number of nitrogens with zero attached hydrogens (tertiary/aromatic N) is 3. The maximum absolute atomic E-state index is 11.1. The second-order valence-corrected chi connectivity index (χ2v) is 8.37. The summed E-state index contributed by atoms with van der Waals surface area (Å²) in [5.41, 5.74) is 1.14. The molecule has 0 radical (unpaired) electrons. The number of hydrogen-bond donors (Lipinski definition) is 0. The van der Waals surface area contributed by atoms with Gasteiger partial charge in [-0.3, -0.25) is 9.88 Å². The Labute approximate surface area is 147 Å². The third-order valence-electron chi connectivity index (χ3n) is 5.48. The molecule has 0 N–H and O–H groups in total. The van der Waals surface area contributed by atoms with Gasteiger partial charge >= 0.3 is 0 Å². The molecule has 1 unspecified atom stereocenters. The quantitative estimate of drug-likeness (QED) is 0.697. The van der Waals surface area contributed by atoms with Crippen LogP contribution in [0.2, 0.25) is 0 Å². The third kappa shape index (κ3) is 3.57. The molecule has 4 nitrogen and oxygen atoms in total. The van der Waals surface area contributed by atoms with E-state index in [1.54, 1.807) is 11.3 Å². The van der Waals surface area contributed by atoms with E-state index < -0.39 is 0 Å². The molecule has 0 saturated carbocycles. The first-order valence-corrected chi connectivity index (χ1v) is 9.41. The topological polar surface area (TPSA) is 45.6 Å². The first-order valence-electron chi connectivity index (χ1n) is 8.53. The molecule has 0 aromatic carbocycles. The predicted octanol–water partition coefficient (Wildman–Crippen LogP) is 4.47. The first-order chi connectivity index (χ1) is 11.6. The zero-order chi connectivity index (χ0) is 17.0. The Kier molecular flexibility index (Phi) is 5.11. The van der Waals surface area contributed by atoms with Crippen LogP contribution in [-0.4, -0.2) is 29.5 Å². The Hall–Kier alpha value is -1.59. The Balaban J connectivity index is 1.73. The van der Waals surface area contributed by atoms with E-state index in [9.17, 15) is 4.91 Å². The molecule has 1 atom stereocenters. The molecule has 2 aromatic heterocycles. The molecule has 1 saturated heterocycles. The van der Waals surface area contributed by atoms with Crippen LogP contribution in [0.15, 0.2) is 47.2 Å². The van der Waals surface area contributed by atoms with E-state index in [0.717, 1.165) is 32.4 Å². The highest BCUT2D eigenvalue weighted by molar-refractivity contribution is 7.09. The fraction of sp³-hybridized carbons (Fsp3) is 0.526. The second-order valence-electron chi connectivity index (χ2n) is 7.34. The minimum atomic E-state index is -0.0815. The molecule has 24 heavy (non-hydrogen) atoms. The largest absolute Gasteiger partial charge is 0.293 e. The van der Waals surface area contributed by atoms with Crippen LogP contribution in [0.1, 0.15) is 37.1 Å². The first kappa shape index (κ1) is 17.2. The van der Waals surface area contributed by atoms with Gasteiger partial charge < -0.3 is 0 Å². The van der Waals surface area contributed by atoms with Crippen LogP contribution in [-0.2, 0) is 12.0 Å². The zero-order valence-corrected chi connectivity index (χ0v) is 15.3. The van der Waals surface area contributed by atoms with E-state index in [0.29, 0.717) is 6.54 Å². The molecule has 5 heteroatoms. The molecular weight excluding hydrogens is 318 g/mol. The van der Waals surface area contributed by atoms with Gasteiger partial charge in [0.05, 0.1) is 6.54 Å². The van der Waals surface area contributed by atoms with Gasteiger partial charge in [-0.05, 0) is 62.7 Å². The van der Waals surface area contributed by atoms with Crippen molar-refractivity contribution in [2.24, 2.45) is 10.6 Å². The van der Waals surface area contributed by atoms with E-state index in [-0.39, 0.29) is 11.0 Å². The van der Waals surface area contributed by atoms with Gasteiger partial charge in [-0.15, -0.1) is 11.3 Å². The van der Waals surface area contributed by atoms with Gasteiger partial charge in [-0.1, -0.05) is 17.3 Å². The van der Waals surface area contributed by atoms with Crippen molar-refractivity contribution in [1.82, 2.24) is 9.88 Å². The van der Waals surface area contributed by atoms with Crippen molar-refractivity contribution in [3.63, 3.8) is 0 Å². The highest BCUT2D eigenvalue weighted by Crippen LogP contribution is 2.41. The molecule has 128 valence electrons. The average molecular weight is 343 g/mol. The lowest BCUT2D eigenvalue weighted by molar-refractivity contribution is 0.130. The van der Waals surface area contributed by atoms with Crippen molar-refractivity contribution in [3.8, 4) is 0 Å². The number of thiophene rings is 1. The Morgan fingerprint density at radius 1 is 1.38 bits per heavy atom. The van der Waals surface area contributed by atoms with Gasteiger partial charge in [0.2, 0.25) is 0 Å². The van der Waals surface area contributed by atoms with Crippen LogP contribution in [0.4, 0.5) is 0 Å². The van der Waals surface area contributed by atoms with Crippen LogP contribution in [0, 0.1) is 10.3 Å². The van der Waals surface area contributed by atoms with E-state index in [1.165, 1.54) is 10.4 Å². The van der Waals surface area contributed by atoms with E-state index >= 15 is 0 Å². The summed E-state index contributed by atoms with van der Waals surface area (Å²) in [5, 5.41) is 5.41. The monoisotopic (exact) mass is 343 g/mol. The molecule has 0 amide bonds. The second kappa shape index (κ2) is 7.11. The van der Waals surface area contributed by atoms with Crippen molar-refractivity contribution in [1.29, 1.82) is 0 Å². The maximum atomic E-state index is 11.1. The predicted molar refractivity (Wildman–Crippen MR) is 99.2 cm³/mol. The smallest absolute Gasteiger partial charge is 0.0880 e. The van der Waals surface area contributed by atoms with Crippen molar-refractivity contribution in [2.45, 2.75) is 38.6 Å². The number of hydrogen-bond acceptors (Lipinski definition) is 5. The minimum absolute atomic E-state index is 0.00518. The van der Waals surface area contributed by atoms with Crippen molar-refractivity contribution >= 4 is 11.3 Å². The summed E-state index contributed by atoms with van der Waals surface area (Å²) in [6, 6.07) is 8.40. The van der Waals surface area contributed by atoms with Crippen LogP contribution in [0.5, 0.6) is 0 Å². The molecule has 3 rings (SSSR count). The average Bonchev–Trinajstić information content (AvgIpc) is 3.25. The minimum Gasteiger partial charge on any atom is -0.293 e. The van der Waals surface area contributed by atoms with Crippen molar-refractivity contribution in [2.75, 3.05) is 19.6 Å². The van der Waals surface area contributed by atoms with E-state index in [4.69, 9.17) is 0 Å². The molecule has 0 bridgehead atoms. The van der Waals surface area contributed by atoms with Crippen molar-refractivity contribution in [3.05, 3.63) is 57.4 Å². The summed E-state index contributed by atoms with van der Waals surface area (Å²) in [6.07, 6.45) is 6.86. The van der Waals surface area contributed by atoms with E-state index in [1.807, 2.05) is 18.5 Å². The van der Waals surface area contributed by atoms with Crippen LogP contribution >= 0.6 is 11.3 Å². The maximum Gasteiger partial charge on any atom is 0.0880 e. The van der Waals surface area contributed by atoms with Crippen LogP contribution < -0.4 is 0 Å². The number of aromatic nitrogens is 1. The highest BCUT2D eigenvalue weighted by Gasteiger charge is 2.43. The summed E-state index contributed by atoms with van der Waals surface area (Å²) in [7, 11) is 0. The Morgan fingerprint density at radius 2 is 2.25 bits per heavy atom. The molecule has 1 aliphatic rings. The Bertz CT molecular complexity index is 657. The van der Waals surface area contributed by atoms with Gasteiger partial charge in [0.1, 0.15) is 0 Å². The lowest BCUT2D eigenvalue weighted by Gasteiger charge is -2.37. The van der Waals surface area contributed by atoms with Crippen molar-refractivity contribution < 1.29 is 0 Å². The number of pyridine rings is 1. The molecule has 3 heterocycles. The zero-order valence-electron chi connectivity index (χ0n) is 14.4. The fourth-order valence-electron chi connectivity index (χ4n) is 3.71. The van der Waals surface area contributed by atoms with Crippen LogP contribution in [0.3, 0.4) is 0 Å². The molecule has 1 fully saturated rings. The van der Waals surface area contributed by atoms with Gasteiger partial charge in [0.15, 0.2) is 0 Å². The molecule has 1 aliphatic heterocycles. The van der Waals surface area contributed by atoms with Gasteiger partial charge in [0.25, 0.3) is 0 Å². The Morgan fingerprint density at radius 3 is 2.92 bits per heavy atom. The molecule has 0 spiro atoms. The number of nitroso groups, excluding NO2 is 1. The summed E-state index contributed by atoms with van der Waals surface area (Å²) in [5.74, 6) is 0. The summed E-state index contributed by atoms with van der Waals surface area (Å²) in [6.45, 7) is 6.83. The van der Waals surface area contributed by atoms with E-state index in [2.05, 4.69) is 52.5 Å².